The van der Waals surface area contributed by atoms with Crippen LogP contribution in [0.2, 0.25) is 0 Å². The second-order valence-electron chi connectivity index (χ2n) is 5.27. The predicted octanol–water partition coefficient (Wildman–Crippen LogP) is 1.43. The van der Waals surface area contributed by atoms with E-state index in [2.05, 4.69) is 0 Å². The molecule has 0 radical (unpaired) electrons. The highest BCUT2D eigenvalue weighted by atomic mass is 19.4. The standard InChI is InChI=1S/C14H13F4NO4/c15-8-2-1-7(10(4-8)14(16,17)18)3-12(21)19-6-9(20)5-11(19)13(22)23/h1-2,4,9,11,20H,3,5-6H2,(H,22,23)/t9-,11-/m1/s1. The molecule has 2 atom stereocenters. The Kier molecular flexibility index (Phi) is 4.60. The van der Waals surface area contributed by atoms with Crippen molar-refractivity contribution in [2.75, 3.05) is 6.54 Å². The normalized spacial score (nSPS) is 21.5. The number of carboxylic acids is 1. The molecule has 1 fully saturated rings. The van der Waals surface area contributed by atoms with Gasteiger partial charge in [-0.05, 0) is 17.7 Å². The lowest BCUT2D eigenvalue weighted by Crippen LogP contribution is -2.41. The molecule has 1 aliphatic rings. The van der Waals surface area contributed by atoms with Gasteiger partial charge in [0.15, 0.2) is 0 Å². The Labute approximate surface area is 128 Å². The lowest BCUT2D eigenvalue weighted by molar-refractivity contribution is -0.148. The van der Waals surface area contributed by atoms with Crippen LogP contribution in [0.15, 0.2) is 18.2 Å². The number of rotatable bonds is 3. The molecular formula is C14H13F4NO4. The minimum absolute atomic E-state index is 0.184. The molecule has 0 aromatic heterocycles. The molecule has 0 spiro atoms. The van der Waals surface area contributed by atoms with Crippen molar-refractivity contribution in [1.29, 1.82) is 0 Å². The Hall–Kier alpha value is -2.16. The average molecular weight is 335 g/mol. The number of hydrogen-bond donors (Lipinski definition) is 2. The molecule has 9 heteroatoms. The van der Waals surface area contributed by atoms with Crippen LogP contribution in [0, 0.1) is 5.82 Å². The highest BCUT2D eigenvalue weighted by Gasteiger charge is 2.40. The molecule has 1 aromatic rings. The summed E-state index contributed by atoms with van der Waals surface area (Å²) in [5.41, 5.74) is -1.73. The monoisotopic (exact) mass is 335 g/mol. The third-order valence-corrected chi connectivity index (χ3v) is 3.60. The Morgan fingerprint density at radius 2 is 1.96 bits per heavy atom. The van der Waals surface area contributed by atoms with Crippen LogP contribution in [0.5, 0.6) is 0 Å². The summed E-state index contributed by atoms with van der Waals surface area (Å²) in [4.78, 5) is 24.0. The summed E-state index contributed by atoms with van der Waals surface area (Å²) in [6, 6.07) is 0.645. The molecule has 126 valence electrons. The van der Waals surface area contributed by atoms with Gasteiger partial charge in [-0.15, -0.1) is 0 Å². The van der Waals surface area contributed by atoms with Gasteiger partial charge in [0.1, 0.15) is 11.9 Å². The second-order valence-corrected chi connectivity index (χ2v) is 5.27. The zero-order valence-electron chi connectivity index (χ0n) is 11.7. The van der Waals surface area contributed by atoms with Gasteiger partial charge in [0.2, 0.25) is 5.91 Å². The molecule has 0 unspecified atom stereocenters. The van der Waals surface area contributed by atoms with Gasteiger partial charge in [-0.2, -0.15) is 13.2 Å². The van der Waals surface area contributed by atoms with Crippen molar-refractivity contribution in [2.24, 2.45) is 0 Å². The quantitative estimate of drug-likeness (QED) is 0.820. The zero-order valence-corrected chi connectivity index (χ0v) is 11.7. The lowest BCUT2D eigenvalue weighted by atomic mass is 10.0. The summed E-state index contributed by atoms with van der Waals surface area (Å²) < 4.78 is 51.7. The molecule has 0 saturated carbocycles. The molecule has 1 amide bonds. The zero-order chi connectivity index (χ0) is 17.4. The average Bonchev–Trinajstić information content (AvgIpc) is 2.82. The summed E-state index contributed by atoms with van der Waals surface area (Å²) >= 11 is 0. The van der Waals surface area contributed by atoms with Gasteiger partial charge in [-0.3, -0.25) is 4.79 Å². The van der Waals surface area contributed by atoms with Crippen molar-refractivity contribution < 1.29 is 37.4 Å². The van der Waals surface area contributed by atoms with Crippen LogP contribution >= 0.6 is 0 Å². The molecule has 1 aromatic carbocycles. The van der Waals surface area contributed by atoms with E-state index in [4.69, 9.17) is 5.11 Å². The van der Waals surface area contributed by atoms with Crippen LogP contribution in [0.25, 0.3) is 0 Å². The summed E-state index contributed by atoms with van der Waals surface area (Å²) in [6.45, 7) is -0.266. The van der Waals surface area contributed by atoms with Gasteiger partial charge in [0.05, 0.1) is 18.1 Å². The first kappa shape index (κ1) is 17.2. The Balaban J connectivity index is 2.25. The number of aliphatic carboxylic acids is 1. The van der Waals surface area contributed by atoms with Crippen molar-refractivity contribution >= 4 is 11.9 Å². The first-order chi connectivity index (χ1) is 10.6. The van der Waals surface area contributed by atoms with E-state index >= 15 is 0 Å². The first-order valence-electron chi connectivity index (χ1n) is 6.65. The summed E-state index contributed by atoms with van der Waals surface area (Å²) in [5.74, 6) is -3.30. The highest BCUT2D eigenvalue weighted by Crippen LogP contribution is 2.33. The van der Waals surface area contributed by atoms with Crippen molar-refractivity contribution in [3.8, 4) is 0 Å². The van der Waals surface area contributed by atoms with E-state index in [0.717, 1.165) is 17.0 Å². The minimum atomic E-state index is -4.84. The number of carboxylic acid groups (broad SMARTS) is 1. The van der Waals surface area contributed by atoms with Gasteiger partial charge in [0.25, 0.3) is 0 Å². The van der Waals surface area contributed by atoms with E-state index in [1.807, 2.05) is 0 Å². The van der Waals surface area contributed by atoms with Crippen LogP contribution in [0.1, 0.15) is 17.5 Å². The number of aliphatic hydroxyl groups excluding tert-OH is 1. The van der Waals surface area contributed by atoms with E-state index in [9.17, 15) is 32.3 Å². The van der Waals surface area contributed by atoms with Crippen LogP contribution in [-0.2, 0) is 22.2 Å². The van der Waals surface area contributed by atoms with Gasteiger partial charge in [0, 0.05) is 13.0 Å². The molecule has 2 rings (SSSR count). The largest absolute Gasteiger partial charge is 0.480 e. The number of benzene rings is 1. The van der Waals surface area contributed by atoms with Gasteiger partial charge < -0.3 is 15.1 Å². The molecule has 2 N–H and O–H groups in total. The van der Waals surface area contributed by atoms with Gasteiger partial charge in [-0.25, -0.2) is 9.18 Å². The maximum absolute atomic E-state index is 13.0. The number of likely N-dealkylation sites (tertiary alicyclic amines) is 1. The third-order valence-electron chi connectivity index (χ3n) is 3.60. The second kappa shape index (κ2) is 6.15. The summed E-state index contributed by atoms with van der Waals surface area (Å²) in [6.07, 6.45) is -6.80. The van der Waals surface area contributed by atoms with E-state index in [1.165, 1.54) is 0 Å². The number of carbonyl (C=O) groups excluding carboxylic acids is 1. The molecule has 1 saturated heterocycles. The molecule has 1 aliphatic heterocycles. The smallest absolute Gasteiger partial charge is 0.416 e. The fourth-order valence-corrected chi connectivity index (χ4v) is 2.55. The van der Waals surface area contributed by atoms with Crippen molar-refractivity contribution in [2.45, 2.75) is 31.2 Å². The minimum Gasteiger partial charge on any atom is -0.480 e. The van der Waals surface area contributed by atoms with Gasteiger partial charge in [-0.1, -0.05) is 6.07 Å². The SMILES string of the molecule is O=C(O)[C@H]1C[C@@H](O)CN1C(=O)Cc1ccc(F)cc1C(F)(F)F. The third kappa shape index (κ3) is 3.79. The predicted molar refractivity (Wildman–Crippen MR) is 68.9 cm³/mol. The molecule has 5 nitrogen and oxygen atoms in total. The Morgan fingerprint density at radius 1 is 1.30 bits per heavy atom. The van der Waals surface area contributed by atoms with E-state index in [1.54, 1.807) is 0 Å². The first-order valence-corrected chi connectivity index (χ1v) is 6.65. The molecule has 1 heterocycles. The number of nitrogens with zero attached hydrogens (tertiary/aromatic N) is 1. The van der Waals surface area contributed by atoms with E-state index in [-0.39, 0.29) is 19.0 Å². The Bertz CT molecular complexity index is 632. The van der Waals surface area contributed by atoms with Crippen molar-refractivity contribution in [3.05, 3.63) is 35.1 Å². The fourth-order valence-electron chi connectivity index (χ4n) is 2.55. The topological polar surface area (TPSA) is 77.8 Å². The van der Waals surface area contributed by atoms with E-state index < -0.39 is 53.6 Å². The Morgan fingerprint density at radius 3 is 2.52 bits per heavy atom. The van der Waals surface area contributed by atoms with Crippen molar-refractivity contribution in [3.63, 3.8) is 0 Å². The number of halogens is 4. The fraction of sp³-hybridized carbons (Fsp3) is 0.429. The van der Waals surface area contributed by atoms with Crippen molar-refractivity contribution in [1.82, 2.24) is 4.90 Å². The number of aliphatic hydroxyl groups is 1. The maximum atomic E-state index is 13.0. The van der Waals surface area contributed by atoms with E-state index in [0.29, 0.717) is 0 Å². The highest BCUT2D eigenvalue weighted by molar-refractivity contribution is 5.86. The molecule has 0 bridgehead atoms. The number of β-amino-alcohol motifs (C(OH)–C–C–N with tert-alkyl or cyclic N) is 1. The molecule has 0 aliphatic carbocycles. The van der Waals surface area contributed by atoms with Crippen LogP contribution in [0.4, 0.5) is 17.6 Å². The number of hydrogen-bond acceptors (Lipinski definition) is 3. The van der Waals surface area contributed by atoms with Crippen LogP contribution in [-0.4, -0.2) is 45.7 Å². The summed E-state index contributed by atoms with van der Waals surface area (Å²) in [5, 5.41) is 18.5. The number of alkyl halides is 3. The summed E-state index contributed by atoms with van der Waals surface area (Å²) in [7, 11) is 0. The maximum Gasteiger partial charge on any atom is 0.416 e. The van der Waals surface area contributed by atoms with Crippen LogP contribution in [0.3, 0.4) is 0 Å². The number of amides is 1. The van der Waals surface area contributed by atoms with Gasteiger partial charge >= 0.3 is 12.1 Å². The molecule has 23 heavy (non-hydrogen) atoms. The van der Waals surface area contributed by atoms with Crippen LogP contribution < -0.4 is 0 Å². The lowest BCUT2D eigenvalue weighted by Gasteiger charge is -2.22. The number of carbonyl (C=O) groups is 2. The molecular weight excluding hydrogens is 322 g/mol.